The molecule has 13 heavy (non-hydrogen) atoms. The van der Waals surface area contributed by atoms with Crippen LogP contribution in [0.5, 0.6) is 0 Å². The van der Waals surface area contributed by atoms with Crippen molar-refractivity contribution >= 4 is 0 Å². The van der Waals surface area contributed by atoms with Crippen molar-refractivity contribution in [2.75, 3.05) is 13.2 Å². The minimum absolute atomic E-state index is 0.0744. The molecule has 74 valence electrons. The molecule has 0 bridgehead atoms. The van der Waals surface area contributed by atoms with Crippen molar-refractivity contribution in [2.24, 2.45) is 10.2 Å². The van der Waals surface area contributed by atoms with Gasteiger partial charge in [-0.25, -0.2) is 0 Å². The van der Waals surface area contributed by atoms with Crippen molar-refractivity contribution in [3.05, 3.63) is 0 Å². The molecule has 0 aliphatic carbocycles. The summed E-state index contributed by atoms with van der Waals surface area (Å²) in [4.78, 5) is 0. The van der Waals surface area contributed by atoms with Gasteiger partial charge in [-0.05, 0) is 26.7 Å². The molecule has 0 atom stereocenters. The van der Waals surface area contributed by atoms with Gasteiger partial charge < -0.3 is 9.47 Å². The summed E-state index contributed by atoms with van der Waals surface area (Å²) in [5.41, 5.74) is -0.0744. The zero-order valence-corrected chi connectivity index (χ0v) is 8.25. The Kier molecular flexibility index (Phi) is 2.12. The molecule has 0 N–H and O–H groups in total. The van der Waals surface area contributed by atoms with E-state index < -0.39 is 0 Å². The summed E-state index contributed by atoms with van der Waals surface area (Å²) in [5, 5.41) is 7.93. The fourth-order valence-corrected chi connectivity index (χ4v) is 1.63. The molecule has 2 rings (SSSR count). The number of nitrogens with zero attached hydrogens (tertiary/aromatic N) is 2. The molecule has 0 unspecified atom stereocenters. The zero-order valence-electron chi connectivity index (χ0n) is 8.25. The van der Waals surface area contributed by atoms with Crippen molar-refractivity contribution in [3.8, 4) is 0 Å². The summed E-state index contributed by atoms with van der Waals surface area (Å²) >= 11 is 0. The fourth-order valence-electron chi connectivity index (χ4n) is 1.63. The van der Waals surface area contributed by atoms with E-state index in [0.717, 1.165) is 32.5 Å². The van der Waals surface area contributed by atoms with Crippen LogP contribution in [0, 0.1) is 0 Å². The third-order valence-corrected chi connectivity index (χ3v) is 2.62. The highest BCUT2D eigenvalue weighted by atomic mass is 16.7. The van der Waals surface area contributed by atoms with E-state index in [-0.39, 0.29) is 11.4 Å². The number of hydrogen-bond donors (Lipinski definition) is 0. The molecule has 0 radical (unpaired) electrons. The van der Waals surface area contributed by atoms with Crippen molar-refractivity contribution in [3.63, 3.8) is 0 Å². The van der Waals surface area contributed by atoms with E-state index in [9.17, 15) is 0 Å². The molecular weight excluding hydrogens is 168 g/mol. The molecule has 0 aromatic rings. The molecule has 0 aromatic heterocycles. The van der Waals surface area contributed by atoms with Gasteiger partial charge in [0.25, 0.3) is 0 Å². The Morgan fingerprint density at radius 2 is 1.69 bits per heavy atom. The second-order valence-electron chi connectivity index (χ2n) is 4.10. The maximum absolute atomic E-state index is 5.49. The van der Waals surface area contributed by atoms with Gasteiger partial charge in [0, 0.05) is 6.42 Å². The lowest BCUT2D eigenvalue weighted by Gasteiger charge is -2.22. The Hall–Kier alpha value is -0.480. The van der Waals surface area contributed by atoms with Gasteiger partial charge in [0.2, 0.25) is 0 Å². The van der Waals surface area contributed by atoms with Gasteiger partial charge >= 0.3 is 0 Å². The minimum Gasteiger partial charge on any atom is -0.348 e. The third-order valence-electron chi connectivity index (χ3n) is 2.62. The molecule has 1 saturated heterocycles. The van der Waals surface area contributed by atoms with Gasteiger partial charge in [0.1, 0.15) is 0 Å². The molecule has 1 fully saturated rings. The van der Waals surface area contributed by atoms with E-state index in [1.807, 2.05) is 13.8 Å². The highest BCUT2D eigenvalue weighted by Crippen LogP contribution is 2.34. The third kappa shape index (κ3) is 2.25. The quantitative estimate of drug-likeness (QED) is 0.671. The summed E-state index contributed by atoms with van der Waals surface area (Å²) in [6, 6.07) is 0. The second kappa shape index (κ2) is 3.03. The molecule has 4 nitrogen and oxygen atoms in total. The van der Waals surface area contributed by atoms with Crippen LogP contribution in [0.4, 0.5) is 0 Å². The standard InChI is InChI=1S/C9H16N2O2/c1-8(10-11-8)4-3-5-9(2)12-6-7-13-9/h3-7H2,1-2H3. The van der Waals surface area contributed by atoms with E-state index in [1.165, 1.54) is 0 Å². The normalized spacial score (nSPS) is 27.8. The van der Waals surface area contributed by atoms with Crippen molar-refractivity contribution < 1.29 is 9.47 Å². The van der Waals surface area contributed by atoms with Gasteiger partial charge in [-0.1, -0.05) is 0 Å². The number of hydrogen-bond acceptors (Lipinski definition) is 4. The van der Waals surface area contributed by atoms with Crippen molar-refractivity contribution in [1.82, 2.24) is 0 Å². The van der Waals surface area contributed by atoms with Crippen molar-refractivity contribution in [1.29, 1.82) is 0 Å². The predicted octanol–water partition coefficient (Wildman–Crippen LogP) is 2.10. The van der Waals surface area contributed by atoms with Gasteiger partial charge in [0.05, 0.1) is 13.2 Å². The summed E-state index contributed by atoms with van der Waals surface area (Å²) < 4.78 is 11.0. The van der Waals surface area contributed by atoms with Crippen LogP contribution in [0.25, 0.3) is 0 Å². The first kappa shape index (κ1) is 9.09. The largest absolute Gasteiger partial charge is 0.348 e. The summed E-state index contributed by atoms with van der Waals surface area (Å²) in [6.07, 6.45) is 3.00. The topological polar surface area (TPSA) is 43.2 Å². The highest BCUT2D eigenvalue weighted by molar-refractivity contribution is 4.88. The Bertz CT molecular complexity index is 216. The molecule has 2 heterocycles. The molecule has 4 heteroatoms. The first-order valence-corrected chi connectivity index (χ1v) is 4.84. The van der Waals surface area contributed by atoms with Crippen LogP contribution in [0.15, 0.2) is 10.2 Å². The first-order valence-electron chi connectivity index (χ1n) is 4.84. The minimum atomic E-state index is -0.342. The molecule has 0 amide bonds. The van der Waals surface area contributed by atoms with Gasteiger partial charge in [-0.15, -0.1) is 0 Å². The van der Waals surface area contributed by atoms with E-state index in [1.54, 1.807) is 0 Å². The average Bonchev–Trinajstić information content (AvgIpc) is 2.62. The lowest BCUT2D eigenvalue weighted by atomic mass is 10.0. The zero-order chi connectivity index (χ0) is 9.36. The SMILES string of the molecule is CC1(CCCC2(C)OCCO2)N=N1. The fraction of sp³-hybridized carbons (Fsp3) is 1.00. The number of rotatable bonds is 4. The van der Waals surface area contributed by atoms with Crippen LogP contribution in [0.1, 0.15) is 33.1 Å². The average molecular weight is 184 g/mol. The lowest BCUT2D eigenvalue weighted by molar-refractivity contribution is -0.147. The maximum Gasteiger partial charge on any atom is 0.188 e. The van der Waals surface area contributed by atoms with E-state index in [0.29, 0.717) is 0 Å². The maximum atomic E-state index is 5.49. The molecular formula is C9H16N2O2. The molecule has 2 aliphatic rings. The monoisotopic (exact) mass is 184 g/mol. The van der Waals surface area contributed by atoms with Gasteiger partial charge in [-0.3, -0.25) is 0 Å². The Labute approximate surface area is 78.3 Å². The predicted molar refractivity (Wildman–Crippen MR) is 47.4 cm³/mol. The summed E-state index contributed by atoms with van der Waals surface area (Å²) in [5.74, 6) is -0.342. The van der Waals surface area contributed by atoms with Crippen LogP contribution < -0.4 is 0 Å². The highest BCUT2D eigenvalue weighted by Gasteiger charge is 2.36. The van der Waals surface area contributed by atoms with Crippen LogP contribution in [0.2, 0.25) is 0 Å². The lowest BCUT2D eigenvalue weighted by Crippen LogP contribution is -2.25. The summed E-state index contributed by atoms with van der Waals surface area (Å²) in [6.45, 7) is 5.50. The van der Waals surface area contributed by atoms with E-state index >= 15 is 0 Å². The molecule has 0 saturated carbocycles. The summed E-state index contributed by atoms with van der Waals surface area (Å²) in [7, 11) is 0. The van der Waals surface area contributed by atoms with E-state index in [4.69, 9.17) is 9.47 Å². The Balaban J connectivity index is 1.66. The molecule has 2 aliphatic heterocycles. The second-order valence-corrected chi connectivity index (χ2v) is 4.10. The Morgan fingerprint density at radius 3 is 2.23 bits per heavy atom. The Morgan fingerprint density at radius 1 is 1.08 bits per heavy atom. The number of ether oxygens (including phenoxy) is 2. The molecule has 0 aromatic carbocycles. The van der Waals surface area contributed by atoms with Crippen LogP contribution in [-0.2, 0) is 9.47 Å². The van der Waals surface area contributed by atoms with Crippen LogP contribution in [0.3, 0.4) is 0 Å². The van der Waals surface area contributed by atoms with Crippen LogP contribution >= 0.6 is 0 Å². The smallest absolute Gasteiger partial charge is 0.188 e. The van der Waals surface area contributed by atoms with Gasteiger partial charge in [-0.2, -0.15) is 10.2 Å². The van der Waals surface area contributed by atoms with Crippen molar-refractivity contribution in [2.45, 2.75) is 44.6 Å². The van der Waals surface area contributed by atoms with E-state index in [2.05, 4.69) is 10.2 Å². The first-order chi connectivity index (χ1) is 6.12. The van der Waals surface area contributed by atoms with Crippen LogP contribution in [-0.4, -0.2) is 24.7 Å². The molecule has 0 spiro atoms. The van der Waals surface area contributed by atoms with Gasteiger partial charge in [0.15, 0.2) is 11.4 Å².